The van der Waals surface area contributed by atoms with Crippen LogP contribution in [-0.2, 0) is 16.6 Å². The van der Waals surface area contributed by atoms with E-state index in [4.69, 9.17) is 11.6 Å². The van der Waals surface area contributed by atoms with E-state index >= 15 is 0 Å². The zero-order valence-electron chi connectivity index (χ0n) is 18.6. The number of hydrogen-bond donors (Lipinski definition) is 1. The molecule has 10 heteroatoms. The number of nitro benzene ring substituents is 1. The first-order valence-corrected chi connectivity index (χ1v) is 12.6. The first-order chi connectivity index (χ1) is 16.1. The Morgan fingerprint density at radius 1 is 1.09 bits per heavy atom. The van der Waals surface area contributed by atoms with Gasteiger partial charge in [0.2, 0.25) is 10.0 Å². The van der Waals surface area contributed by atoms with Gasteiger partial charge in [-0.2, -0.15) is 0 Å². The number of sulfonamides is 1. The van der Waals surface area contributed by atoms with Gasteiger partial charge in [-0.25, -0.2) is 8.42 Å². The molecule has 8 nitrogen and oxygen atoms in total. The summed E-state index contributed by atoms with van der Waals surface area (Å²) < 4.78 is 25.9. The second-order valence-corrected chi connectivity index (χ2v) is 10.2. The third-order valence-electron chi connectivity index (χ3n) is 5.29. The van der Waals surface area contributed by atoms with Gasteiger partial charge < -0.3 is 5.32 Å². The summed E-state index contributed by atoms with van der Waals surface area (Å²) in [6.45, 7) is 2.39. The van der Waals surface area contributed by atoms with Gasteiger partial charge in [-0.1, -0.05) is 61.0 Å². The maximum absolute atomic E-state index is 12.5. The molecule has 3 rings (SSSR count). The summed E-state index contributed by atoms with van der Waals surface area (Å²) in [4.78, 5) is 23.1. The van der Waals surface area contributed by atoms with E-state index in [1.54, 1.807) is 24.3 Å². The smallest absolute Gasteiger partial charge is 0.271 e. The van der Waals surface area contributed by atoms with Crippen molar-refractivity contribution in [3.63, 3.8) is 0 Å². The second kappa shape index (κ2) is 10.7. The summed E-state index contributed by atoms with van der Waals surface area (Å²) in [7, 11) is -3.81. The highest BCUT2D eigenvalue weighted by molar-refractivity contribution is 7.92. The molecule has 0 heterocycles. The molecule has 0 radical (unpaired) electrons. The maximum Gasteiger partial charge on any atom is 0.271 e. The molecule has 0 bridgehead atoms. The maximum atomic E-state index is 12.5. The van der Waals surface area contributed by atoms with Crippen molar-refractivity contribution in [3.8, 4) is 0 Å². The molecule has 0 spiro atoms. The van der Waals surface area contributed by atoms with E-state index < -0.39 is 14.9 Å². The van der Waals surface area contributed by atoms with Gasteiger partial charge in [-0.15, -0.1) is 0 Å². The minimum atomic E-state index is -3.81. The number of anilines is 1. The number of amides is 1. The molecule has 34 heavy (non-hydrogen) atoms. The molecule has 0 aliphatic heterocycles. The van der Waals surface area contributed by atoms with Crippen LogP contribution in [0.3, 0.4) is 0 Å². The fourth-order valence-electron chi connectivity index (χ4n) is 3.36. The standard InChI is InChI=1S/C24H24ClN3O5S/c1-17(19-6-4-3-5-7-19)15-26-24(29)20-10-8-18(9-11-20)16-27(34(2,32)33)23-14-21(28(30)31)12-13-22(23)25/h3-14,17H,15-16H2,1-2H3,(H,26,29)/t17-/m1/s1. The molecule has 1 atom stereocenters. The third-order valence-corrected chi connectivity index (χ3v) is 6.74. The van der Waals surface area contributed by atoms with Gasteiger partial charge in [-0.3, -0.25) is 19.2 Å². The molecule has 0 saturated carbocycles. The second-order valence-electron chi connectivity index (χ2n) is 7.88. The van der Waals surface area contributed by atoms with Crippen LogP contribution in [0.1, 0.15) is 34.3 Å². The number of halogens is 1. The number of non-ortho nitro benzene ring substituents is 1. The van der Waals surface area contributed by atoms with Gasteiger partial charge in [0.15, 0.2) is 0 Å². The van der Waals surface area contributed by atoms with E-state index in [2.05, 4.69) is 5.32 Å². The number of rotatable bonds is 9. The minimum Gasteiger partial charge on any atom is -0.351 e. The summed E-state index contributed by atoms with van der Waals surface area (Å²) >= 11 is 6.16. The number of nitrogens with zero attached hydrogens (tertiary/aromatic N) is 2. The van der Waals surface area contributed by atoms with Crippen molar-refractivity contribution in [2.75, 3.05) is 17.1 Å². The lowest BCUT2D eigenvalue weighted by molar-refractivity contribution is -0.384. The Morgan fingerprint density at radius 3 is 2.32 bits per heavy atom. The Hall–Kier alpha value is -3.43. The number of carbonyl (C=O) groups is 1. The van der Waals surface area contributed by atoms with Gasteiger partial charge in [0.05, 0.1) is 28.4 Å². The molecular formula is C24H24ClN3O5S. The SMILES string of the molecule is C[C@H](CNC(=O)c1ccc(CN(c2cc([N+](=O)[O-])ccc2Cl)S(C)(=O)=O)cc1)c1ccccc1. The van der Waals surface area contributed by atoms with Gasteiger partial charge in [0.25, 0.3) is 11.6 Å². The van der Waals surface area contributed by atoms with E-state index in [9.17, 15) is 23.3 Å². The molecule has 0 saturated heterocycles. The van der Waals surface area contributed by atoms with Crippen LogP contribution in [0.5, 0.6) is 0 Å². The van der Waals surface area contributed by atoms with Crippen LogP contribution in [0, 0.1) is 10.1 Å². The quantitative estimate of drug-likeness (QED) is 0.336. The molecular weight excluding hydrogens is 478 g/mol. The summed E-state index contributed by atoms with van der Waals surface area (Å²) in [6.07, 6.45) is 0.998. The van der Waals surface area contributed by atoms with E-state index in [0.29, 0.717) is 17.7 Å². The zero-order valence-corrected chi connectivity index (χ0v) is 20.2. The summed E-state index contributed by atoms with van der Waals surface area (Å²) in [5, 5.41) is 14.1. The molecule has 1 amide bonds. The van der Waals surface area contributed by atoms with Crippen LogP contribution < -0.4 is 9.62 Å². The van der Waals surface area contributed by atoms with Crippen molar-refractivity contribution in [1.82, 2.24) is 5.32 Å². The van der Waals surface area contributed by atoms with Crippen molar-refractivity contribution in [2.45, 2.75) is 19.4 Å². The number of carbonyl (C=O) groups excluding carboxylic acids is 1. The summed E-state index contributed by atoms with van der Waals surface area (Å²) in [5.41, 5.74) is 1.88. The van der Waals surface area contributed by atoms with E-state index in [1.165, 1.54) is 12.1 Å². The number of nitro groups is 1. The minimum absolute atomic E-state index is 0.00934. The van der Waals surface area contributed by atoms with Crippen LogP contribution >= 0.6 is 11.6 Å². The Balaban J connectivity index is 1.73. The van der Waals surface area contributed by atoms with Gasteiger partial charge in [0, 0.05) is 24.2 Å². The largest absolute Gasteiger partial charge is 0.351 e. The average Bonchev–Trinajstić information content (AvgIpc) is 2.81. The molecule has 0 aliphatic carbocycles. The van der Waals surface area contributed by atoms with Crippen molar-refractivity contribution in [2.24, 2.45) is 0 Å². The highest BCUT2D eigenvalue weighted by Crippen LogP contribution is 2.32. The Morgan fingerprint density at radius 2 is 1.74 bits per heavy atom. The lowest BCUT2D eigenvalue weighted by atomic mass is 10.0. The normalized spacial score (nSPS) is 12.1. The van der Waals surface area contributed by atoms with Gasteiger partial charge >= 0.3 is 0 Å². The Kier molecular flexibility index (Phi) is 7.90. The Labute approximate surface area is 203 Å². The average molecular weight is 502 g/mol. The van der Waals surface area contributed by atoms with Crippen molar-refractivity contribution in [3.05, 3.63) is 105 Å². The number of nitrogens with one attached hydrogen (secondary N) is 1. The fourth-order valence-corrected chi connectivity index (χ4v) is 4.52. The zero-order chi connectivity index (χ0) is 24.9. The first-order valence-electron chi connectivity index (χ1n) is 10.4. The van der Waals surface area contributed by atoms with E-state index in [-0.39, 0.29) is 34.8 Å². The fraction of sp³-hybridized carbons (Fsp3) is 0.208. The van der Waals surface area contributed by atoms with Crippen LogP contribution in [0.2, 0.25) is 5.02 Å². The highest BCUT2D eigenvalue weighted by atomic mass is 35.5. The topological polar surface area (TPSA) is 110 Å². The lowest BCUT2D eigenvalue weighted by Gasteiger charge is -2.23. The molecule has 3 aromatic carbocycles. The van der Waals surface area contributed by atoms with E-state index in [0.717, 1.165) is 22.2 Å². The molecule has 0 aromatic heterocycles. The molecule has 0 aliphatic rings. The molecule has 0 unspecified atom stereocenters. The van der Waals surface area contributed by atoms with Crippen molar-refractivity contribution in [1.29, 1.82) is 0 Å². The predicted octanol–water partition coefficient (Wildman–Crippen LogP) is 4.75. The summed E-state index contributed by atoms with van der Waals surface area (Å²) in [6, 6.07) is 20.0. The van der Waals surface area contributed by atoms with Crippen LogP contribution in [-0.4, -0.2) is 32.0 Å². The van der Waals surface area contributed by atoms with Gasteiger partial charge in [0.1, 0.15) is 0 Å². The third kappa shape index (κ3) is 6.33. The molecule has 1 N–H and O–H groups in total. The number of benzene rings is 3. The highest BCUT2D eigenvalue weighted by Gasteiger charge is 2.23. The van der Waals surface area contributed by atoms with Gasteiger partial charge in [-0.05, 0) is 35.2 Å². The van der Waals surface area contributed by atoms with Crippen LogP contribution in [0.4, 0.5) is 11.4 Å². The van der Waals surface area contributed by atoms with E-state index in [1.807, 2.05) is 37.3 Å². The monoisotopic (exact) mass is 501 g/mol. The molecule has 0 fully saturated rings. The first kappa shape index (κ1) is 25.2. The van der Waals surface area contributed by atoms with Crippen molar-refractivity contribution < 1.29 is 18.1 Å². The predicted molar refractivity (Wildman–Crippen MR) is 133 cm³/mol. The lowest BCUT2D eigenvalue weighted by Crippen LogP contribution is -2.30. The molecule has 178 valence electrons. The van der Waals surface area contributed by atoms with Crippen LogP contribution in [0.25, 0.3) is 0 Å². The summed E-state index contributed by atoms with van der Waals surface area (Å²) in [5.74, 6) is -0.0940. The molecule has 3 aromatic rings. The number of hydrogen-bond acceptors (Lipinski definition) is 5. The van der Waals surface area contributed by atoms with Crippen molar-refractivity contribution >= 4 is 38.9 Å². The Bertz CT molecular complexity index is 1280. The van der Waals surface area contributed by atoms with Crippen LogP contribution in [0.15, 0.2) is 72.8 Å².